The fourth-order valence-electron chi connectivity index (χ4n) is 2.75. The Morgan fingerprint density at radius 3 is 2.18 bits per heavy atom. The lowest BCUT2D eigenvalue weighted by molar-refractivity contribution is -0.0498. The molecule has 0 aliphatic heterocycles. The van der Waals surface area contributed by atoms with Crippen molar-refractivity contribution in [1.29, 1.82) is 0 Å². The van der Waals surface area contributed by atoms with E-state index < -0.39 is 28.3 Å². The average molecular weight is 495 g/mol. The topological polar surface area (TPSA) is 102 Å². The maximum absolute atomic E-state index is 12.5. The van der Waals surface area contributed by atoms with E-state index in [0.29, 0.717) is 5.69 Å². The highest BCUT2D eigenvalue weighted by Gasteiger charge is 2.14. The minimum atomic E-state index is -3.47. The highest BCUT2D eigenvalue weighted by Crippen LogP contribution is 2.27. The number of ether oxygens (including phenoxy) is 1. The van der Waals surface area contributed by atoms with Crippen molar-refractivity contribution in [1.82, 2.24) is 0 Å². The molecule has 172 valence electrons. The summed E-state index contributed by atoms with van der Waals surface area (Å²) < 4.78 is 52.0. The molecule has 2 amide bonds. The van der Waals surface area contributed by atoms with E-state index in [4.69, 9.17) is 11.6 Å². The summed E-state index contributed by atoms with van der Waals surface area (Å²) in [4.78, 5) is 24.9. The summed E-state index contributed by atoms with van der Waals surface area (Å²) in [6.07, 6.45) is 1.04. The van der Waals surface area contributed by atoms with Gasteiger partial charge in [0.05, 0.1) is 15.6 Å². The van der Waals surface area contributed by atoms with Crippen LogP contribution < -0.4 is 15.4 Å². The van der Waals surface area contributed by atoms with Crippen molar-refractivity contribution in [2.75, 3.05) is 16.9 Å². The maximum Gasteiger partial charge on any atom is 0.387 e. The zero-order valence-electron chi connectivity index (χ0n) is 17.0. The van der Waals surface area contributed by atoms with Crippen LogP contribution in [-0.2, 0) is 9.84 Å². The Morgan fingerprint density at radius 1 is 0.909 bits per heavy atom. The van der Waals surface area contributed by atoms with Crippen LogP contribution in [0.1, 0.15) is 20.7 Å². The van der Waals surface area contributed by atoms with Crippen LogP contribution in [0, 0.1) is 0 Å². The largest absolute Gasteiger partial charge is 0.435 e. The summed E-state index contributed by atoms with van der Waals surface area (Å²) in [5, 5.41) is 5.32. The lowest BCUT2D eigenvalue weighted by Crippen LogP contribution is -2.14. The van der Waals surface area contributed by atoms with Gasteiger partial charge in [-0.15, -0.1) is 0 Å². The van der Waals surface area contributed by atoms with Crippen molar-refractivity contribution in [3.05, 3.63) is 82.9 Å². The predicted molar refractivity (Wildman–Crippen MR) is 120 cm³/mol. The van der Waals surface area contributed by atoms with Crippen LogP contribution in [0.2, 0.25) is 5.02 Å². The predicted octanol–water partition coefficient (Wildman–Crippen LogP) is 4.85. The van der Waals surface area contributed by atoms with E-state index in [2.05, 4.69) is 15.4 Å². The number of halogens is 3. The molecule has 3 rings (SSSR count). The summed E-state index contributed by atoms with van der Waals surface area (Å²) >= 11 is 6.21. The van der Waals surface area contributed by atoms with Crippen LogP contribution in [0.4, 0.5) is 20.2 Å². The van der Waals surface area contributed by atoms with Crippen molar-refractivity contribution < 1.29 is 31.5 Å². The van der Waals surface area contributed by atoms with Gasteiger partial charge in [0.2, 0.25) is 0 Å². The number of alkyl halides is 2. The second kappa shape index (κ2) is 9.97. The number of hydrogen-bond acceptors (Lipinski definition) is 5. The molecule has 0 spiro atoms. The molecular weight excluding hydrogens is 478 g/mol. The molecule has 7 nitrogen and oxygen atoms in total. The van der Waals surface area contributed by atoms with E-state index in [1.807, 2.05) is 0 Å². The van der Waals surface area contributed by atoms with Gasteiger partial charge in [0.15, 0.2) is 9.84 Å². The Balaban J connectivity index is 1.68. The first-order valence-corrected chi connectivity index (χ1v) is 11.6. The zero-order chi connectivity index (χ0) is 24.2. The van der Waals surface area contributed by atoms with Crippen LogP contribution in [-0.4, -0.2) is 33.1 Å². The Labute approximate surface area is 193 Å². The molecule has 0 aliphatic rings. The molecule has 11 heteroatoms. The molecule has 3 aromatic carbocycles. The van der Waals surface area contributed by atoms with E-state index in [-0.39, 0.29) is 32.5 Å². The van der Waals surface area contributed by atoms with Gasteiger partial charge in [0, 0.05) is 23.1 Å². The first kappa shape index (κ1) is 24.1. The van der Waals surface area contributed by atoms with Crippen molar-refractivity contribution in [3.8, 4) is 5.75 Å². The van der Waals surface area contributed by atoms with Gasteiger partial charge in [-0.25, -0.2) is 8.42 Å². The highest BCUT2D eigenvalue weighted by atomic mass is 35.5. The van der Waals surface area contributed by atoms with Gasteiger partial charge in [-0.05, 0) is 60.7 Å². The van der Waals surface area contributed by atoms with Crippen molar-refractivity contribution in [3.63, 3.8) is 0 Å². The van der Waals surface area contributed by atoms with Gasteiger partial charge in [-0.1, -0.05) is 17.7 Å². The molecule has 0 bridgehead atoms. The summed E-state index contributed by atoms with van der Waals surface area (Å²) in [7, 11) is -3.47. The smallest absolute Gasteiger partial charge is 0.387 e. The number of anilines is 2. The van der Waals surface area contributed by atoms with Crippen molar-refractivity contribution in [2.24, 2.45) is 0 Å². The zero-order valence-corrected chi connectivity index (χ0v) is 18.6. The van der Waals surface area contributed by atoms with E-state index in [0.717, 1.165) is 6.26 Å². The van der Waals surface area contributed by atoms with Crippen LogP contribution in [0.25, 0.3) is 0 Å². The Morgan fingerprint density at radius 2 is 1.58 bits per heavy atom. The number of carbonyl (C=O) groups is 2. The maximum atomic E-state index is 12.5. The highest BCUT2D eigenvalue weighted by molar-refractivity contribution is 7.90. The van der Waals surface area contributed by atoms with E-state index in [9.17, 15) is 26.8 Å². The van der Waals surface area contributed by atoms with E-state index >= 15 is 0 Å². The molecule has 33 heavy (non-hydrogen) atoms. The van der Waals surface area contributed by atoms with E-state index in [1.54, 1.807) is 0 Å². The molecule has 2 N–H and O–H groups in total. The molecule has 0 saturated carbocycles. The Bertz CT molecular complexity index is 1300. The van der Waals surface area contributed by atoms with Gasteiger partial charge in [0.25, 0.3) is 11.8 Å². The molecule has 0 saturated heterocycles. The molecule has 3 aromatic rings. The molecule has 0 atom stereocenters. The number of benzene rings is 3. The minimum absolute atomic E-state index is 0.00751. The standard InChI is InChI=1S/C22H17ClF2N2O5S/c1-33(30,31)17-4-2-3-14(11-17)21(29)27-19-10-7-15(12-18(19)23)26-20(28)13-5-8-16(9-6-13)32-22(24)25/h2-12,22H,1H3,(H,26,28)(H,27,29). The Kier molecular flexibility index (Phi) is 7.29. The SMILES string of the molecule is CS(=O)(=O)c1cccc(C(=O)Nc2ccc(NC(=O)c3ccc(OC(F)F)cc3)cc2Cl)c1. The average Bonchev–Trinajstić information content (AvgIpc) is 2.75. The third-order valence-corrected chi connectivity index (χ3v) is 5.76. The molecule has 0 radical (unpaired) electrons. The third-order valence-electron chi connectivity index (χ3n) is 4.34. The summed E-state index contributed by atoms with van der Waals surface area (Å²) in [6.45, 7) is -2.96. The van der Waals surface area contributed by atoms with Gasteiger partial charge in [0.1, 0.15) is 5.75 Å². The number of nitrogens with one attached hydrogen (secondary N) is 2. The van der Waals surface area contributed by atoms with Gasteiger partial charge < -0.3 is 15.4 Å². The van der Waals surface area contributed by atoms with Gasteiger partial charge in [-0.2, -0.15) is 8.78 Å². The third kappa shape index (κ3) is 6.50. The lowest BCUT2D eigenvalue weighted by atomic mass is 10.2. The second-order valence-electron chi connectivity index (χ2n) is 6.81. The molecule has 0 fully saturated rings. The fraction of sp³-hybridized carbons (Fsp3) is 0.0909. The molecule has 0 unspecified atom stereocenters. The number of amides is 2. The molecule has 0 aromatic heterocycles. The fourth-order valence-corrected chi connectivity index (χ4v) is 3.64. The normalized spacial score (nSPS) is 11.2. The number of carbonyl (C=O) groups excluding carboxylic acids is 2. The molecular formula is C22H17ClF2N2O5S. The van der Waals surface area contributed by atoms with Crippen LogP contribution in [0.15, 0.2) is 71.6 Å². The lowest BCUT2D eigenvalue weighted by Gasteiger charge is -2.11. The quantitative estimate of drug-likeness (QED) is 0.489. The second-order valence-corrected chi connectivity index (χ2v) is 9.23. The molecule has 0 heterocycles. The van der Waals surface area contributed by atoms with Crippen molar-refractivity contribution in [2.45, 2.75) is 11.5 Å². The first-order chi connectivity index (χ1) is 15.5. The number of rotatable bonds is 7. The first-order valence-electron chi connectivity index (χ1n) is 9.30. The van der Waals surface area contributed by atoms with Gasteiger partial charge in [-0.3, -0.25) is 9.59 Å². The monoisotopic (exact) mass is 494 g/mol. The van der Waals surface area contributed by atoms with E-state index in [1.165, 1.54) is 66.7 Å². The summed E-state index contributed by atoms with van der Waals surface area (Å²) in [6, 6.07) is 15.1. The number of hydrogen-bond donors (Lipinski definition) is 2. The minimum Gasteiger partial charge on any atom is -0.435 e. The molecule has 0 aliphatic carbocycles. The number of sulfone groups is 1. The van der Waals surface area contributed by atoms with Crippen LogP contribution >= 0.6 is 11.6 Å². The summed E-state index contributed by atoms with van der Waals surface area (Å²) in [5.41, 5.74) is 0.912. The Hall–Kier alpha value is -3.50. The van der Waals surface area contributed by atoms with Gasteiger partial charge >= 0.3 is 6.61 Å². The van der Waals surface area contributed by atoms with Crippen molar-refractivity contribution >= 4 is 44.6 Å². The summed E-state index contributed by atoms with van der Waals surface area (Å²) in [5.74, 6) is -1.15. The van der Waals surface area contributed by atoms with Crippen LogP contribution in [0.5, 0.6) is 5.75 Å². The van der Waals surface area contributed by atoms with Crippen LogP contribution in [0.3, 0.4) is 0 Å².